The smallest absolute Gasteiger partial charge is 0.240 e. The quantitative estimate of drug-likeness (QED) is 0.446. The molecule has 3 rings (SSSR count). The van der Waals surface area contributed by atoms with Gasteiger partial charge in [-0.25, -0.2) is 8.42 Å². The first-order valence-electron chi connectivity index (χ1n) is 10.5. The molecule has 0 unspecified atom stereocenters. The summed E-state index contributed by atoms with van der Waals surface area (Å²) in [6, 6.07) is 20.4. The molecule has 0 fully saturated rings. The molecule has 32 heavy (non-hydrogen) atoms. The average Bonchev–Trinajstić information content (AvgIpc) is 2.78. The second-order valence-corrected chi connectivity index (χ2v) is 9.23. The number of carbonyl (C=O) groups is 1. The van der Waals surface area contributed by atoms with Crippen LogP contribution in [0.3, 0.4) is 0 Å². The van der Waals surface area contributed by atoms with Crippen molar-refractivity contribution in [1.29, 1.82) is 0 Å². The zero-order chi connectivity index (χ0) is 23.0. The Morgan fingerprint density at radius 3 is 2.25 bits per heavy atom. The van der Waals surface area contributed by atoms with Gasteiger partial charge in [0.25, 0.3) is 0 Å². The molecule has 0 aromatic heterocycles. The van der Waals surface area contributed by atoms with Gasteiger partial charge in [0, 0.05) is 0 Å². The van der Waals surface area contributed by atoms with E-state index in [1.54, 1.807) is 24.3 Å². The van der Waals surface area contributed by atoms with Crippen LogP contribution in [0.4, 0.5) is 5.69 Å². The van der Waals surface area contributed by atoms with Gasteiger partial charge in [0.15, 0.2) is 0 Å². The minimum absolute atomic E-state index is 0.257. The molecule has 0 spiro atoms. The van der Waals surface area contributed by atoms with E-state index in [1.807, 2.05) is 49.4 Å². The Kier molecular flexibility index (Phi) is 7.94. The first-order valence-corrected chi connectivity index (χ1v) is 12.3. The molecule has 8 heteroatoms. The number of amides is 1. The van der Waals surface area contributed by atoms with E-state index >= 15 is 0 Å². The number of nitrogens with zero attached hydrogens (tertiary/aromatic N) is 1. The van der Waals surface area contributed by atoms with Gasteiger partial charge in [-0.15, -0.1) is 0 Å². The van der Waals surface area contributed by atoms with Crippen LogP contribution in [0.25, 0.3) is 10.8 Å². The van der Waals surface area contributed by atoms with Crippen molar-refractivity contribution in [3.8, 4) is 11.5 Å². The third-order valence-electron chi connectivity index (χ3n) is 4.70. The van der Waals surface area contributed by atoms with Crippen LogP contribution >= 0.6 is 0 Å². The SMILES string of the molecule is CCCOc1ccc(N(CC(=O)NCCOc2ccc3ccccc3c2)S(C)(=O)=O)cc1. The average molecular weight is 457 g/mol. The predicted octanol–water partition coefficient (Wildman–Crippen LogP) is 3.59. The summed E-state index contributed by atoms with van der Waals surface area (Å²) in [5.41, 5.74) is 0.402. The Labute approximate surface area is 189 Å². The number of anilines is 1. The second-order valence-electron chi connectivity index (χ2n) is 7.32. The van der Waals surface area contributed by atoms with Crippen LogP contribution in [0.2, 0.25) is 0 Å². The summed E-state index contributed by atoms with van der Waals surface area (Å²) in [5, 5.41) is 4.90. The van der Waals surface area contributed by atoms with E-state index < -0.39 is 15.9 Å². The lowest BCUT2D eigenvalue weighted by molar-refractivity contribution is -0.119. The van der Waals surface area contributed by atoms with Gasteiger partial charge in [-0.05, 0) is 53.6 Å². The van der Waals surface area contributed by atoms with Gasteiger partial charge in [-0.3, -0.25) is 9.10 Å². The number of hydrogen-bond donors (Lipinski definition) is 1. The first kappa shape index (κ1) is 23.4. The molecule has 0 aliphatic rings. The molecule has 0 saturated heterocycles. The van der Waals surface area contributed by atoms with Gasteiger partial charge in [-0.2, -0.15) is 0 Å². The minimum Gasteiger partial charge on any atom is -0.494 e. The summed E-state index contributed by atoms with van der Waals surface area (Å²) in [5.74, 6) is 0.948. The van der Waals surface area contributed by atoms with E-state index in [9.17, 15) is 13.2 Å². The summed E-state index contributed by atoms with van der Waals surface area (Å²) < 4.78 is 36.8. The van der Waals surface area contributed by atoms with Gasteiger partial charge in [0.05, 0.1) is 25.1 Å². The summed E-state index contributed by atoms with van der Waals surface area (Å²) in [7, 11) is -3.64. The maximum absolute atomic E-state index is 12.4. The number of fused-ring (bicyclic) bond motifs is 1. The zero-order valence-corrected chi connectivity index (χ0v) is 19.1. The topological polar surface area (TPSA) is 84.9 Å². The van der Waals surface area contributed by atoms with Gasteiger partial charge < -0.3 is 14.8 Å². The van der Waals surface area contributed by atoms with Crippen molar-refractivity contribution in [2.24, 2.45) is 0 Å². The van der Waals surface area contributed by atoms with Gasteiger partial charge in [0.2, 0.25) is 15.9 Å². The summed E-state index contributed by atoms with van der Waals surface area (Å²) in [6.07, 6.45) is 1.95. The molecule has 0 heterocycles. The fraction of sp³-hybridized carbons (Fsp3) is 0.292. The molecule has 0 radical (unpaired) electrons. The standard InChI is InChI=1S/C24H28N2O5S/c1-3-15-30-22-12-9-21(10-13-22)26(32(2,28)29)18-24(27)25-14-16-31-23-11-8-19-6-4-5-7-20(19)17-23/h4-13,17H,3,14-16,18H2,1-2H3,(H,25,27). The van der Waals surface area contributed by atoms with Crippen LogP contribution in [0.1, 0.15) is 13.3 Å². The number of ether oxygens (including phenoxy) is 2. The summed E-state index contributed by atoms with van der Waals surface area (Å²) in [4.78, 5) is 12.4. The van der Waals surface area contributed by atoms with E-state index in [4.69, 9.17) is 9.47 Å². The van der Waals surface area contributed by atoms with E-state index in [0.717, 1.165) is 27.8 Å². The summed E-state index contributed by atoms with van der Waals surface area (Å²) >= 11 is 0. The fourth-order valence-electron chi connectivity index (χ4n) is 3.13. The molecule has 0 bridgehead atoms. The van der Waals surface area contributed by atoms with Crippen molar-refractivity contribution in [1.82, 2.24) is 5.32 Å². The molecule has 1 N–H and O–H groups in total. The van der Waals surface area contributed by atoms with E-state index in [1.165, 1.54) is 0 Å². The highest BCUT2D eigenvalue weighted by Crippen LogP contribution is 2.22. The van der Waals surface area contributed by atoms with Crippen LogP contribution in [0.15, 0.2) is 66.7 Å². The molecule has 0 atom stereocenters. The molecular weight excluding hydrogens is 428 g/mol. The van der Waals surface area contributed by atoms with E-state index in [-0.39, 0.29) is 19.7 Å². The maximum atomic E-state index is 12.4. The molecule has 170 valence electrons. The number of hydrogen-bond acceptors (Lipinski definition) is 5. The Balaban J connectivity index is 1.52. The molecule has 0 saturated carbocycles. The Morgan fingerprint density at radius 1 is 0.906 bits per heavy atom. The van der Waals surface area contributed by atoms with Gasteiger partial charge in [-0.1, -0.05) is 37.3 Å². The molecule has 0 aliphatic carbocycles. The first-order chi connectivity index (χ1) is 15.4. The van der Waals surface area contributed by atoms with Crippen LogP contribution in [-0.2, 0) is 14.8 Å². The highest BCUT2D eigenvalue weighted by atomic mass is 32.2. The normalized spacial score (nSPS) is 11.2. The monoisotopic (exact) mass is 456 g/mol. The van der Waals surface area contributed by atoms with Crippen molar-refractivity contribution >= 4 is 32.4 Å². The number of sulfonamides is 1. The summed E-state index contributed by atoms with van der Waals surface area (Å²) in [6.45, 7) is 2.80. The molecule has 0 aliphatic heterocycles. The van der Waals surface area contributed by atoms with Crippen molar-refractivity contribution in [2.45, 2.75) is 13.3 Å². The highest BCUT2D eigenvalue weighted by molar-refractivity contribution is 7.92. The van der Waals surface area contributed by atoms with Crippen LogP contribution in [0.5, 0.6) is 11.5 Å². The van der Waals surface area contributed by atoms with Crippen molar-refractivity contribution in [3.05, 3.63) is 66.7 Å². The fourth-order valence-corrected chi connectivity index (χ4v) is 3.99. The van der Waals surface area contributed by atoms with Gasteiger partial charge in [0.1, 0.15) is 24.7 Å². The molecule has 7 nitrogen and oxygen atoms in total. The Hall–Kier alpha value is -3.26. The van der Waals surface area contributed by atoms with Crippen molar-refractivity contribution in [3.63, 3.8) is 0 Å². The number of rotatable bonds is 11. The maximum Gasteiger partial charge on any atom is 0.240 e. The van der Waals surface area contributed by atoms with Crippen LogP contribution < -0.4 is 19.1 Å². The largest absolute Gasteiger partial charge is 0.494 e. The highest BCUT2D eigenvalue weighted by Gasteiger charge is 2.20. The minimum atomic E-state index is -3.64. The van der Waals surface area contributed by atoms with Crippen LogP contribution in [-0.4, -0.2) is 46.9 Å². The van der Waals surface area contributed by atoms with Crippen molar-refractivity contribution in [2.75, 3.05) is 36.9 Å². The lowest BCUT2D eigenvalue weighted by Gasteiger charge is -2.22. The second kappa shape index (κ2) is 10.9. The molecule has 1 amide bonds. The number of nitrogens with one attached hydrogen (secondary N) is 1. The van der Waals surface area contributed by atoms with Gasteiger partial charge >= 0.3 is 0 Å². The predicted molar refractivity (Wildman–Crippen MR) is 127 cm³/mol. The molecule has 3 aromatic rings. The van der Waals surface area contributed by atoms with Crippen molar-refractivity contribution < 1.29 is 22.7 Å². The Morgan fingerprint density at radius 2 is 1.56 bits per heavy atom. The Bertz CT molecular complexity index is 1150. The third kappa shape index (κ3) is 6.62. The lowest BCUT2D eigenvalue weighted by Crippen LogP contribution is -2.41. The van der Waals surface area contributed by atoms with E-state index in [2.05, 4.69) is 5.32 Å². The number of carbonyl (C=O) groups excluding carboxylic acids is 1. The third-order valence-corrected chi connectivity index (χ3v) is 5.84. The lowest BCUT2D eigenvalue weighted by atomic mass is 10.1. The number of benzene rings is 3. The zero-order valence-electron chi connectivity index (χ0n) is 18.3. The molecule has 3 aromatic carbocycles. The van der Waals surface area contributed by atoms with E-state index in [0.29, 0.717) is 23.8 Å². The van der Waals surface area contributed by atoms with Crippen LogP contribution in [0, 0.1) is 0 Å². The molecular formula is C24H28N2O5S.